The fourth-order valence-corrected chi connectivity index (χ4v) is 1.63. The van der Waals surface area contributed by atoms with Crippen LogP contribution in [0.2, 0.25) is 0 Å². The van der Waals surface area contributed by atoms with Crippen molar-refractivity contribution in [3.8, 4) is 17.6 Å². The summed E-state index contributed by atoms with van der Waals surface area (Å²) in [6, 6.07) is 12.1. The van der Waals surface area contributed by atoms with Crippen LogP contribution < -0.4 is 9.47 Å². The Morgan fingerprint density at radius 3 is 2.29 bits per heavy atom. The molecule has 0 radical (unpaired) electrons. The standard InChI is InChI=1S/C13H9NO3/c1-16-11-6-7-12(17-13(15)8-14)10-5-3-2-4-9(10)11/h2-7H,1H3. The normalized spacial score (nSPS) is 9.65. The van der Waals surface area contributed by atoms with E-state index < -0.39 is 5.97 Å². The highest BCUT2D eigenvalue weighted by Gasteiger charge is 2.09. The molecule has 0 atom stereocenters. The van der Waals surface area contributed by atoms with Gasteiger partial charge in [-0.1, -0.05) is 24.3 Å². The number of nitriles is 1. The SMILES string of the molecule is COc1ccc(OC(=O)C#N)c2ccccc12. The quantitative estimate of drug-likeness (QED) is 0.448. The molecule has 84 valence electrons. The molecule has 2 rings (SSSR count). The minimum atomic E-state index is -0.930. The van der Waals surface area contributed by atoms with Crippen molar-refractivity contribution in [2.75, 3.05) is 7.11 Å². The van der Waals surface area contributed by atoms with Crippen LogP contribution in [-0.4, -0.2) is 13.1 Å². The van der Waals surface area contributed by atoms with Gasteiger partial charge in [-0.2, -0.15) is 5.26 Å². The van der Waals surface area contributed by atoms with E-state index in [0.717, 1.165) is 10.8 Å². The first-order valence-corrected chi connectivity index (χ1v) is 4.94. The maximum absolute atomic E-state index is 11.0. The van der Waals surface area contributed by atoms with Gasteiger partial charge in [0, 0.05) is 10.8 Å². The van der Waals surface area contributed by atoms with E-state index in [1.807, 2.05) is 18.2 Å². The Hall–Kier alpha value is -2.54. The third-order valence-electron chi connectivity index (χ3n) is 2.36. The zero-order valence-corrected chi connectivity index (χ0v) is 9.14. The summed E-state index contributed by atoms with van der Waals surface area (Å²) in [4.78, 5) is 11.0. The lowest BCUT2D eigenvalue weighted by molar-refractivity contribution is -0.128. The Balaban J connectivity index is 2.59. The van der Waals surface area contributed by atoms with Crippen molar-refractivity contribution in [2.24, 2.45) is 0 Å². The largest absolute Gasteiger partial charge is 0.496 e. The van der Waals surface area contributed by atoms with Crippen molar-refractivity contribution in [1.82, 2.24) is 0 Å². The highest BCUT2D eigenvalue weighted by molar-refractivity contribution is 5.96. The second-order valence-electron chi connectivity index (χ2n) is 3.31. The molecule has 0 aliphatic rings. The van der Waals surface area contributed by atoms with Crippen molar-refractivity contribution in [2.45, 2.75) is 0 Å². The van der Waals surface area contributed by atoms with E-state index >= 15 is 0 Å². The summed E-state index contributed by atoms with van der Waals surface area (Å²) in [5, 5.41) is 9.98. The predicted octanol–water partition coefficient (Wildman–Crippen LogP) is 2.28. The smallest absolute Gasteiger partial charge is 0.416 e. The molecule has 0 spiro atoms. The number of rotatable bonds is 2. The van der Waals surface area contributed by atoms with Crippen LogP contribution in [0.4, 0.5) is 0 Å². The number of methoxy groups -OCH3 is 1. The van der Waals surface area contributed by atoms with Crippen molar-refractivity contribution in [3.63, 3.8) is 0 Å². The summed E-state index contributed by atoms with van der Waals surface area (Å²) in [6.45, 7) is 0. The molecule has 2 aromatic carbocycles. The highest BCUT2D eigenvalue weighted by Crippen LogP contribution is 2.32. The van der Waals surface area contributed by atoms with Gasteiger partial charge >= 0.3 is 5.97 Å². The lowest BCUT2D eigenvalue weighted by Gasteiger charge is -2.08. The first kappa shape index (κ1) is 11.0. The average molecular weight is 227 g/mol. The van der Waals surface area contributed by atoms with Gasteiger partial charge in [-0.3, -0.25) is 0 Å². The second kappa shape index (κ2) is 4.54. The lowest BCUT2D eigenvalue weighted by atomic mass is 10.1. The molecule has 0 heterocycles. The number of benzene rings is 2. The lowest BCUT2D eigenvalue weighted by Crippen LogP contribution is -2.04. The predicted molar refractivity (Wildman–Crippen MR) is 61.7 cm³/mol. The van der Waals surface area contributed by atoms with E-state index in [1.54, 1.807) is 25.3 Å². The topological polar surface area (TPSA) is 59.3 Å². The number of esters is 1. The molecule has 0 amide bonds. The van der Waals surface area contributed by atoms with E-state index in [1.165, 1.54) is 6.07 Å². The van der Waals surface area contributed by atoms with Crippen LogP contribution in [-0.2, 0) is 4.79 Å². The number of nitrogens with zero attached hydrogens (tertiary/aromatic N) is 1. The van der Waals surface area contributed by atoms with Gasteiger partial charge in [0.25, 0.3) is 0 Å². The molecule has 0 bridgehead atoms. The monoisotopic (exact) mass is 227 g/mol. The molecule has 0 N–H and O–H groups in total. The Kier molecular flexibility index (Phi) is 2.93. The molecule has 0 aliphatic heterocycles. The van der Waals surface area contributed by atoms with Crippen molar-refractivity contribution >= 4 is 16.7 Å². The van der Waals surface area contributed by atoms with Crippen LogP contribution in [0.5, 0.6) is 11.5 Å². The Morgan fingerprint density at radius 1 is 1.12 bits per heavy atom. The number of hydrogen-bond donors (Lipinski definition) is 0. The van der Waals surface area contributed by atoms with Gasteiger partial charge in [-0.05, 0) is 12.1 Å². The first-order chi connectivity index (χ1) is 8.26. The molecule has 4 nitrogen and oxygen atoms in total. The van der Waals surface area contributed by atoms with Gasteiger partial charge in [0.05, 0.1) is 7.11 Å². The number of hydrogen-bond acceptors (Lipinski definition) is 4. The minimum Gasteiger partial charge on any atom is -0.496 e. The van der Waals surface area contributed by atoms with E-state index in [0.29, 0.717) is 11.5 Å². The summed E-state index contributed by atoms with van der Waals surface area (Å²) in [5.41, 5.74) is 0. The van der Waals surface area contributed by atoms with Gasteiger partial charge in [0.2, 0.25) is 0 Å². The number of ether oxygens (including phenoxy) is 2. The third-order valence-corrected chi connectivity index (χ3v) is 2.36. The maximum atomic E-state index is 11.0. The van der Waals surface area contributed by atoms with Gasteiger partial charge in [0.1, 0.15) is 11.5 Å². The average Bonchev–Trinajstić information content (AvgIpc) is 2.39. The van der Waals surface area contributed by atoms with Gasteiger partial charge in [-0.25, -0.2) is 4.79 Å². The van der Waals surface area contributed by atoms with Gasteiger partial charge in [-0.15, -0.1) is 0 Å². The maximum Gasteiger partial charge on any atom is 0.416 e. The number of carbonyl (C=O) groups excluding carboxylic acids is 1. The highest BCUT2D eigenvalue weighted by atomic mass is 16.5. The Labute approximate surface area is 98.0 Å². The molecule has 17 heavy (non-hydrogen) atoms. The summed E-state index contributed by atoms with van der Waals surface area (Å²) in [5.74, 6) is 0.116. The number of carbonyl (C=O) groups is 1. The molecule has 0 saturated carbocycles. The zero-order valence-electron chi connectivity index (χ0n) is 9.14. The van der Waals surface area contributed by atoms with Crippen molar-refractivity contribution in [3.05, 3.63) is 36.4 Å². The van der Waals surface area contributed by atoms with Crippen LogP contribution >= 0.6 is 0 Å². The van der Waals surface area contributed by atoms with Crippen LogP contribution in [0.1, 0.15) is 0 Å². The summed E-state index contributed by atoms with van der Waals surface area (Å²) >= 11 is 0. The zero-order chi connectivity index (χ0) is 12.3. The molecule has 0 aromatic heterocycles. The van der Waals surface area contributed by atoms with E-state index in [4.69, 9.17) is 14.7 Å². The fourth-order valence-electron chi connectivity index (χ4n) is 1.63. The Morgan fingerprint density at radius 2 is 1.71 bits per heavy atom. The molecule has 2 aromatic rings. The van der Waals surface area contributed by atoms with Crippen LogP contribution in [0.25, 0.3) is 10.8 Å². The first-order valence-electron chi connectivity index (χ1n) is 4.94. The third kappa shape index (κ3) is 2.04. The Bertz CT molecular complexity index is 614. The molecule has 0 unspecified atom stereocenters. The van der Waals surface area contributed by atoms with Gasteiger partial charge in [0.15, 0.2) is 6.07 Å². The fraction of sp³-hybridized carbons (Fsp3) is 0.0769. The molecule has 4 heteroatoms. The van der Waals surface area contributed by atoms with Crippen LogP contribution in [0, 0.1) is 11.3 Å². The molecular weight excluding hydrogens is 218 g/mol. The minimum absolute atomic E-state index is 0.355. The van der Waals surface area contributed by atoms with Gasteiger partial charge < -0.3 is 9.47 Å². The number of fused-ring (bicyclic) bond motifs is 1. The van der Waals surface area contributed by atoms with Crippen molar-refractivity contribution < 1.29 is 14.3 Å². The molecular formula is C13H9NO3. The molecule has 0 fully saturated rings. The summed E-state index contributed by atoms with van der Waals surface area (Å²) < 4.78 is 10.1. The van der Waals surface area contributed by atoms with E-state index in [9.17, 15) is 4.79 Å². The molecule has 0 aliphatic carbocycles. The van der Waals surface area contributed by atoms with E-state index in [2.05, 4.69) is 0 Å². The summed E-state index contributed by atoms with van der Waals surface area (Å²) in [6.07, 6.45) is 0. The van der Waals surface area contributed by atoms with Crippen LogP contribution in [0.3, 0.4) is 0 Å². The van der Waals surface area contributed by atoms with Crippen LogP contribution in [0.15, 0.2) is 36.4 Å². The van der Waals surface area contributed by atoms with E-state index in [-0.39, 0.29) is 0 Å². The second-order valence-corrected chi connectivity index (χ2v) is 3.31. The summed E-state index contributed by atoms with van der Waals surface area (Å²) in [7, 11) is 1.57. The molecule has 0 saturated heterocycles. The van der Waals surface area contributed by atoms with Crippen molar-refractivity contribution in [1.29, 1.82) is 5.26 Å².